The maximum absolute atomic E-state index is 13.6. The predicted molar refractivity (Wildman–Crippen MR) is 133 cm³/mol. The average Bonchev–Trinajstić information content (AvgIpc) is 3.41. The minimum absolute atomic E-state index is 0.0105. The normalized spacial score (nSPS) is 16.2. The van der Waals surface area contributed by atoms with Crippen LogP contribution in [0.4, 0.5) is 5.13 Å². The number of phenols is 1. The molecule has 3 heterocycles. The number of phenolic OH excluding ortho intramolecular Hbond substituents is 1. The molecule has 9 heteroatoms. The summed E-state index contributed by atoms with van der Waals surface area (Å²) in [7, 11) is 0. The highest BCUT2D eigenvalue weighted by atomic mass is 32.1. The smallest absolute Gasteiger partial charge is 0.296 e. The van der Waals surface area contributed by atoms with Crippen molar-refractivity contribution in [2.45, 2.75) is 33.7 Å². The standard InChI is InChI=1S/C25H21N3O4S2/c1-11-8-12(2)19-17(9-11)34-25(27-19)28-20(15-6-5-7-16(29)10-15)18(22(31)24(28)32)21(30)23-13(3)26-14(4)33-23/h5-10,20,29,31H,1-4H3. The predicted octanol–water partition coefficient (Wildman–Crippen LogP) is 5.47. The molecule has 5 rings (SSSR count). The fourth-order valence-electron chi connectivity index (χ4n) is 4.37. The zero-order valence-electron chi connectivity index (χ0n) is 18.9. The fraction of sp³-hybridized carbons (Fsp3) is 0.200. The molecule has 1 aliphatic rings. The number of nitrogens with zero attached hydrogens (tertiary/aromatic N) is 3. The highest BCUT2D eigenvalue weighted by Gasteiger charge is 2.46. The zero-order chi connectivity index (χ0) is 24.3. The third-order valence-electron chi connectivity index (χ3n) is 5.77. The molecule has 172 valence electrons. The number of carbonyl (C=O) groups excluding carboxylic acids is 2. The molecule has 0 fully saturated rings. The summed E-state index contributed by atoms with van der Waals surface area (Å²) in [6.07, 6.45) is 0. The van der Waals surface area contributed by atoms with Crippen LogP contribution >= 0.6 is 22.7 Å². The molecular weight excluding hydrogens is 470 g/mol. The zero-order valence-corrected chi connectivity index (χ0v) is 20.5. The second kappa shape index (κ2) is 8.03. The lowest BCUT2D eigenvalue weighted by atomic mass is 9.95. The Balaban J connectivity index is 1.71. The molecule has 0 bridgehead atoms. The lowest BCUT2D eigenvalue weighted by molar-refractivity contribution is -0.117. The van der Waals surface area contributed by atoms with Gasteiger partial charge in [-0.2, -0.15) is 0 Å². The molecule has 4 aromatic rings. The van der Waals surface area contributed by atoms with E-state index in [1.54, 1.807) is 26.0 Å². The van der Waals surface area contributed by atoms with Gasteiger partial charge in [0.1, 0.15) is 5.75 Å². The largest absolute Gasteiger partial charge is 0.508 e. The molecule has 7 nitrogen and oxygen atoms in total. The minimum atomic E-state index is -0.948. The first kappa shape index (κ1) is 22.2. The second-order valence-corrected chi connectivity index (χ2v) is 10.5. The van der Waals surface area contributed by atoms with E-state index in [-0.39, 0.29) is 11.3 Å². The van der Waals surface area contributed by atoms with Gasteiger partial charge in [-0.15, -0.1) is 11.3 Å². The van der Waals surface area contributed by atoms with E-state index in [0.29, 0.717) is 26.3 Å². The third-order valence-corrected chi connectivity index (χ3v) is 7.85. The Bertz CT molecular complexity index is 1530. The fourth-order valence-corrected chi connectivity index (χ4v) is 6.41. The molecule has 0 radical (unpaired) electrons. The van der Waals surface area contributed by atoms with Crippen molar-refractivity contribution in [3.63, 3.8) is 0 Å². The van der Waals surface area contributed by atoms with E-state index in [1.807, 2.05) is 26.0 Å². The lowest BCUT2D eigenvalue weighted by Gasteiger charge is -2.24. The van der Waals surface area contributed by atoms with Gasteiger partial charge in [0.05, 0.1) is 37.4 Å². The summed E-state index contributed by atoms with van der Waals surface area (Å²) in [5.41, 5.74) is 3.80. The Morgan fingerprint density at radius 2 is 1.79 bits per heavy atom. The number of aliphatic hydroxyl groups is 1. The lowest BCUT2D eigenvalue weighted by Crippen LogP contribution is -2.31. The van der Waals surface area contributed by atoms with Crippen LogP contribution in [-0.4, -0.2) is 31.9 Å². The molecule has 2 aromatic carbocycles. The number of anilines is 1. The highest BCUT2D eigenvalue weighted by Crippen LogP contribution is 2.45. The number of amides is 1. The summed E-state index contributed by atoms with van der Waals surface area (Å²) in [5, 5.41) is 22.2. The molecule has 1 atom stereocenters. The summed E-state index contributed by atoms with van der Waals surface area (Å²) in [4.78, 5) is 37.8. The molecule has 2 N–H and O–H groups in total. The number of rotatable bonds is 4. The molecule has 0 aliphatic carbocycles. The van der Waals surface area contributed by atoms with Crippen LogP contribution in [0.5, 0.6) is 5.75 Å². The first-order valence-corrected chi connectivity index (χ1v) is 12.2. The molecule has 0 saturated carbocycles. The van der Waals surface area contributed by atoms with Gasteiger partial charge in [0.15, 0.2) is 10.9 Å². The van der Waals surface area contributed by atoms with Gasteiger partial charge in [0.2, 0.25) is 5.78 Å². The van der Waals surface area contributed by atoms with Crippen LogP contribution in [0.15, 0.2) is 47.7 Å². The van der Waals surface area contributed by atoms with Crippen molar-refractivity contribution in [1.29, 1.82) is 0 Å². The number of fused-ring (bicyclic) bond motifs is 1. The van der Waals surface area contributed by atoms with Gasteiger partial charge in [-0.1, -0.05) is 29.5 Å². The Kier molecular flexibility index (Phi) is 5.26. The van der Waals surface area contributed by atoms with Crippen molar-refractivity contribution in [3.8, 4) is 5.75 Å². The third kappa shape index (κ3) is 3.48. The van der Waals surface area contributed by atoms with E-state index in [4.69, 9.17) is 4.98 Å². The van der Waals surface area contributed by atoms with Gasteiger partial charge >= 0.3 is 0 Å². The van der Waals surface area contributed by atoms with Crippen LogP contribution in [0.1, 0.15) is 43.1 Å². The van der Waals surface area contributed by atoms with Gasteiger partial charge < -0.3 is 10.2 Å². The Labute approximate surface area is 203 Å². The number of Topliss-reactive ketones (excluding diaryl/α,β-unsaturated/α-hetero) is 1. The molecule has 0 spiro atoms. The number of thiazole rings is 2. The Morgan fingerprint density at radius 3 is 2.47 bits per heavy atom. The molecule has 1 unspecified atom stereocenters. The number of aliphatic hydroxyl groups excluding tert-OH is 1. The summed E-state index contributed by atoms with van der Waals surface area (Å²) in [6.45, 7) is 7.47. The number of benzene rings is 2. The topological polar surface area (TPSA) is 104 Å². The number of carbonyl (C=O) groups is 2. The number of aryl methyl sites for hydroxylation is 4. The molecule has 1 amide bonds. The SMILES string of the molecule is Cc1cc(C)c2nc(N3C(=O)C(O)=C(C(=O)c4sc(C)nc4C)C3c3cccc(O)c3)sc2c1. The van der Waals surface area contributed by atoms with E-state index in [1.165, 1.54) is 39.7 Å². The number of hydrogen-bond acceptors (Lipinski definition) is 8. The molecule has 34 heavy (non-hydrogen) atoms. The van der Waals surface area contributed by atoms with Crippen molar-refractivity contribution in [3.05, 3.63) is 80.0 Å². The van der Waals surface area contributed by atoms with E-state index in [0.717, 1.165) is 21.3 Å². The summed E-state index contributed by atoms with van der Waals surface area (Å²) >= 11 is 2.54. The number of ketones is 1. The molecule has 0 saturated heterocycles. The maximum Gasteiger partial charge on any atom is 0.296 e. The molecule has 2 aromatic heterocycles. The number of hydrogen-bond donors (Lipinski definition) is 2. The molecular formula is C25H21N3O4S2. The van der Waals surface area contributed by atoms with Crippen LogP contribution in [0, 0.1) is 27.7 Å². The highest BCUT2D eigenvalue weighted by molar-refractivity contribution is 7.22. The first-order valence-electron chi connectivity index (χ1n) is 10.6. The Morgan fingerprint density at radius 1 is 1.03 bits per heavy atom. The van der Waals surface area contributed by atoms with Crippen molar-refractivity contribution in [1.82, 2.24) is 9.97 Å². The van der Waals surface area contributed by atoms with Gasteiger partial charge in [0.25, 0.3) is 5.91 Å². The van der Waals surface area contributed by atoms with Gasteiger partial charge in [-0.25, -0.2) is 9.97 Å². The van der Waals surface area contributed by atoms with Gasteiger partial charge in [-0.05, 0) is 62.6 Å². The molecule has 1 aliphatic heterocycles. The number of aromatic hydroxyl groups is 1. The minimum Gasteiger partial charge on any atom is -0.508 e. The van der Waals surface area contributed by atoms with Gasteiger partial charge in [-0.3, -0.25) is 14.5 Å². The van der Waals surface area contributed by atoms with Crippen LogP contribution in [-0.2, 0) is 4.79 Å². The van der Waals surface area contributed by atoms with Crippen LogP contribution in [0.3, 0.4) is 0 Å². The van der Waals surface area contributed by atoms with E-state index >= 15 is 0 Å². The average molecular weight is 492 g/mol. The number of aromatic nitrogens is 2. The van der Waals surface area contributed by atoms with Crippen molar-refractivity contribution in [2.24, 2.45) is 0 Å². The van der Waals surface area contributed by atoms with Gasteiger partial charge in [0, 0.05) is 0 Å². The van der Waals surface area contributed by atoms with E-state index in [2.05, 4.69) is 4.98 Å². The maximum atomic E-state index is 13.6. The van der Waals surface area contributed by atoms with Crippen molar-refractivity contribution >= 4 is 49.7 Å². The monoisotopic (exact) mass is 491 g/mol. The van der Waals surface area contributed by atoms with Crippen LogP contribution in [0.25, 0.3) is 10.2 Å². The summed E-state index contributed by atoms with van der Waals surface area (Å²) in [6, 6.07) is 9.42. The van der Waals surface area contributed by atoms with E-state index < -0.39 is 23.5 Å². The quantitative estimate of drug-likeness (QED) is 0.367. The van der Waals surface area contributed by atoms with Crippen molar-refractivity contribution in [2.75, 3.05) is 4.90 Å². The van der Waals surface area contributed by atoms with Crippen LogP contribution in [0.2, 0.25) is 0 Å². The van der Waals surface area contributed by atoms with Crippen molar-refractivity contribution < 1.29 is 19.8 Å². The summed E-state index contributed by atoms with van der Waals surface area (Å²) < 4.78 is 0.906. The summed E-state index contributed by atoms with van der Waals surface area (Å²) in [5.74, 6) is -1.79. The Hall–Kier alpha value is -3.56. The van der Waals surface area contributed by atoms with E-state index in [9.17, 15) is 19.8 Å². The second-order valence-electron chi connectivity index (χ2n) is 8.34. The van der Waals surface area contributed by atoms with Crippen LogP contribution < -0.4 is 4.90 Å². The first-order chi connectivity index (χ1) is 16.2.